The van der Waals surface area contributed by atoms with E-state index in [1.165, 1.54) is 11.0 Å². The van der Waals surface area contributed by atoms with Gasteiger partial charge in [-0.15, -0.1) is 17.4 Å². The van der Waals surface area contributed by atoms with Crippen molar-refractivity contribution in [2.24, 2.45) is 0 Å². The lowest BCUT2D eigenvalue weighted by Gasteiger charge is -2.02. The predicted molar refractivity (Wildman–Crippen MR) is 48.9 cm³/mol. The number of tetrazole rings is 1. The van der Waals surface area contributed by atoms with Crippen molar-refractivity contribution < 1.29 is 4.79 Å². The van der Waals surface area contributed by atoms with E-state index in [2.05, 4.69) is 26.8 Å². The first-order valence-corrected chi connectivity index (χ1v) is 4.24. The lowest BCUT2D eigenvalue weighted by Crippen LogP contribution is -2.28. The molecule has 0 aliphatic rings. The number of nitrogens with zero attached hydrogens (tertiary/aromatic N) is 4. The Balaban J connectivity index is 2.14. The largest absolute Gasteiger partial charge is 0.354 e. The second kappa shape index (κ2) is 5.70. The van der Waals surface area contributed by atoms with E-state index in [0.717, 1.165) is 6.42 Å². The number of amides is 1. The number of rotatable bonds is 5. The van der Waals surface area contributed by atoms with Crippen LogP contribution in [0.15, 0.2) is 6.33 Å². The van der Waals surface area contributed by atoms with Gasteiger partial charge >= 0.3 is 0 Å². The van der Waals surface area contributed by atoms with E-state index in [1.54, 1.807) is 0 Å². The van der Waals surface area contributed by atoms with Gasteiger partial charge in [0.05, 0.1) is 0 Å². The van der Waals surface area contributed by atoms with Crippen molar-refractivity contribution in [3.05, 3.63) is 6.33 Å². The van der Waals surface area contributed by atoms with Gasteiger partial charge in [0.15, 0.2) is 0 Å². The van der Waals surface area contributed by atoms with E-state index in [4.69, 9.17) is 6.42 Å². The maximum Gasteiger partial charge on any atom is 0.241 e. The average molecular weight is 193 g/mol. The van der Waals surface area contributed by atoms with Gasteiger partial charge in [0, 0.05) is 13.0 Å². The minimum atomic E-state index is -0.116. The van der Waals surface area contributed by atoms with Gasteiger partial charge in [-0.1, -0.05) is 0 Å². The molecule has 14 heavy (non-hydrogen) atoms. The summed E-state index contributed by atoms with van der Waals surface area (Å²) in [4.78, 5) is 11.2. The number of carbonyl (C=O) groups excluding carboxylic acids is 1. The first-order chi connectivity index (χ1) is 6.83. The van der Waals surface area contributed by atoms with Crippen LogP contribution in [0, 0.1) is 12.3 Å². The summed E-state index contributed by atoms with van der Waals surface area (Å²) < 4.78 is 1.36. The SMILES string of the molecule is C#CCCCNC(=O)Cn1cnnn1. The minimum Gasteiger partial charge on any atom is -0.354 e. The normalized spacial score (nSPS) is 9.36. The molecule has 0 fully saturated rings. The number of nitrogens with one attached hydrogen (secondary N) is 1. The Bertz CT molecular complexity index is 313. The zero-order valence-electron chi connectivity index (χ0n) is 7.68. The molecule has 0 aliphatic carbocycles. The standard InChI is InChI=1S/C8H11N5O/c1-2-3-4-5-9-8(14)6-13-7-10-11-12-13/h1,7H,3-6H2,(H,9,14). The molecular formula is C8H11N5O. The van der Waals surface area contributed by atoms with Crippen LogP contribution in [0.2, 0.25) is 0 Å². The van der Waals surface area contributed by atoms with Crippen LogP contribution in [0.5, 0.6) is 0 Å². The zero-order valence-corrected chi connectivity index (χ0v) is 7.68. The monoisotopic (exact) mass is 193 g/mol. The molecule has 1 amide bonds. The zero-order chi connectivity index (χ0) is 10.2. The van der Waals surface area contributed by atoms with Gasteiger partial charge in [0.2, 0.25) is 5.91 Å². The molecule has 0 aromatic carbocycles. The van der Waals surface area contributed by atoms with Crippen LogP contribution in [-0.4, -0.2) is 32.7 Å². The van der Waals surface area contributed by atoms with Gasteiger partial charge in [-0.2, -0.15) is 0 Å². The van der Waals surface area contributed by atoms with Gasteiger partial charge in [-0.05, 0) is 16.8 Å². The Morgan fingerprint density at radius 2 is 2.50 bits per heavy atom. The number of hydrogen-bond donors (Lipinski definition) is 1. The average Bonchev–Trinajstić information content (AvgIpc) is 2.65. The molecule has 1 rings (SSSR count). The Morgan fingerprint density at radius 3 is 3.14 bits per heavy atom. The number of hydrogen-bond acceptors (Lipinski definition) is 4. The van der Waals surface area contributed by atoms with Crippen molar-refractivity contribution in [1.29, 1.82) is 0 Å². The maximum absolute atomic E-state index is 11.2. The van der Waals surface area contributed by atoms with Crippen LogP contribution >= 0.6 is 0 Å². The highest BCUT2D eigenvalue weighted by molar-refractivity contribution is 5.75. The Kier molecular flexibility index (Phi) is 4.14. The quantitative estimate of drug-likeness (QED) is 0.491. The number of carbonyl (C=O) groups is 1. The third kappa shape index (κ3) is 3.67. The summed E-state index contributed by atoms with van der Waals surface area (Å²) in [5.74, 6) is 2.38. The van der Waals surface area contributed by atoms with Gasteiger partial charge in [-0.3, -0.25) is 4.79 Å². The molecule has 0 atom stereocenters. The fourth-order valence-electron chi connectivity index (χ4n) is 0.874. The van der Waals surface area contributed by atoms with Crippen molar-refractivity contribution in [1.82, 2.24) is 25.5 Å². The molecule has 0 spiro atoms. The number of terminal acetylenes is 1. The van der Waals surface area contributed by atoms with Gasteiger partial charge in [0.1, 0.15) is 12.9 Å². The number of aromatic nitrogens is 4. The molecule has 1 aromatic heterocycles. The highest BCUT2D eigenvalue weighted by Gasteiger charge is 2.01. The smallest absolute Gasteiger partial charge is 0.241 e. The molecule has 0 saturated heterocycles. The second-order valence-corrected chi connectivity index (χ2v) is 2.67. The molecule has 0 aliphatic heterocycles. The van der Waals surface area contributed by atoms with Crippen LogP contribution in [0.1, 0.15) is 12.8 Å². The van der Waals surface area contributed by atoms with Crippen LogP contribution in [-0.2, 0) is 11.3 Å². The second-order valence-electron chi connectivity index (χ2n) is 2.67. The summed E-state index contributed by atoms with van der Waals surface area (Å²) in [5.41, 5.74) is 0. The number of unbranched alkanes of at least 4 members (excludes halogenated alkanes) is 1. The highest BCUT2D eigenvalue weighted by Crippen LogP contribution is 1.84. The molecule has 0 unspecified atom stereocenters. The fraction of sp³-hybridized carbons (Fsp3) is 0.500. The van der Waals surface area contributed by atoms with Crippen LogP contribution < -0.4 is 5.32 Å². The Labute approximate surface area is 81.7 Å². The Hall–Kier alpha value is -1.90. The minimum absolute atomic E-state index is 0.116. The van der Waals surface area contributed by atoms with E-state index in [9.17, 15) is 4.79 Å². The van der Waals surface area contributed by atoms with Crippen LogP contribution in [0.25, 0.3) is 0 Å². The lowest BCUT2D eigenvalue weighted by atomic mass is 10.3. The van der Waals surface area contributed by atoms with Crippen molar-refractivity contribution in [3.63, 3.8) is 0 Å². The maximum atomic E-state index is 11.2. The highest BCUT2D eigenvalue weighted by atomic mass is 16.2. The third-order valence-electron chi connectivity index (χ3n) is 1.52. The fourth-order valence-corrected chi connectivity index (χ4v) is 0.874. The van der Waals surface area contributed by atoms with Crippen LogP contribution in [0.3, 0.4) is 0 Å². The predicted octanol–water partition coefficient (Wildman–Crippen LogP) is -0.797. The molecule has 0 bridgehead atoms. The third-order valence-corrected chi connectivity index (χ3v) is 1.52. The summed E-state index contributed by atoms with van der Waals surface area (Å²) >= 11 is 0. The molecule has 0 radical (unpaired) electrons. The van der Waals surface area contributed by atoms with Gasteiger partial charge in [0.25, 0.3) is 0 Å². The van der Waals surface area contributed by atoms with Crippen molar-refractivity contribution >= 4 is 5.91 Å². The van der Waals surface area contributed by atoms with E-state index in [0.29, 0.717) is 13.0 Å². The summed E-state index contributed by atoms with van der Waals surface area (Å²) in [6.07, 6.45) is 7.91. The summed E-state index contributed by atoms with van der Waals surface area (Å²) in [6, 6.07) is 0. The summed E-state index contributed by atoms with van der Waals surface area (Å²) in [7, 11) is 0. The van der Waals surface area contributed by atoms with E-state index in [-0.39, 0.29) is 12.5 Å². The van der Waals surface area contributed by atoms with Gasteiger partial charge < -0.3 is 5.32 Å². The Morgan fingerprint density at radius 1 is 1.64 bits per heavy atom. The molecule has 1 heterocycles. The molecule has 74 valence electrons. The molecule has 1 N–H and O–H groups in total. The van der Waals surface area contributed by atoms with Crippen molar-refractivity contribution in [2.75, 3.05) is 6.54 Å². The van der Waals surface area contributed by atoms with E-state index < -0.39 is 0 Å². The van der Waals surface area contributed by atoms with E-state index in [1.807, 2.05) is 0 Å². The molecule has 1 aromatic rings. The lowest BCUT2D eigenvalue weighted by molar-refractivity contribution is -0.121. The van der Waals surface area contributed by atoms with Crippen molar-refractivity contribution in [3.8, 4) is 12.3 Å². The molecular weight excluding hydrogens is 182 g/mol. The molecule has 6 heteroatoms. The topological polar surface area (TPSA) is 72.7 Å². The molecule has 6 nitrogen and oxygen atoms in total. The summed E-state index contributed by atoms with van der Waals surface area (Å²) in [6.45, 7) is 0.730. The van der Waals surface area contributed by atoms with Crippen LogP contribution in [0.4, 0.5) is 0 Å². The molecule has 0 saturated carbocycles. The first kappa shape index (κ1) is 10.2. The first-order valence-electron chi connectivity index (χ1n) is 4.24. The van der Waals surface area contributed by atoms with Gasteiger partial charge in [-0.25, -0.2) is 4.68 Å². The van der Waals surface area contributed by atoms with E-state index >= 15 is 0 Å². The van der Waals surface area contributed by atoms with Crippen molar-refractivity contribution in [2.45, 2.75) is 19.4 Å². The summed E-state index contributed by atoms with van der Waals surface area (Å²) in [5, 5.41) is 13.1.